The molecule has 144 valence electrons. The molecule has 0 spiro atoms. The van der Waals surface area contributed by atoms with Gasteiger partial charge in [-0.15, -0.1) is 0 Å². The van der Waals surface area contributed by atoms with E-state index in [9.17, 15) is 4.39 Å². The number of hydrogen-bond donors (Lipinski definition) is 2. The van der Waals surface area contributed by atoms with Crippen LogP contribution in [-0.4, -0.2) is 38.1 Å². The van der Waals surface area contributed by atoms with Crippen LogP contribution in [0, 0.1) is 11.7 Å². The fourth-order valence-electron chi connectivity index (χ4n) is 3.54. The van der Waals surface area contributed by atoms with Gasteiger partial charge in [0, 0.05) is 24.3 Å². The van der Waals surface area contributed by atoms with Crippen molar-refractivity contribution in [1.82, 2.24) is 4.90 Å². The molecule has 0 aliphatic carbocycles. The maximum Gasteiger partial charge on any atom is 0.193 e. The highest BCUT2D eigenvalue weighted by Crippen LogP contribution is 2.37. The number of aliphatic imine (C=N–C) groups is 1. The molecule has 0 aromatic heterocycles. The Morgan fingerprint density at radius 3 is 2.93 bits per heavy atom. The molecule has 2 aromatic carbocycles. The summed E-state index contributed by atoms with van der Waals surface area (Å²) in [4.78, 5) is 6.72. The van der Waals surface area contributed by atoms with E-state index in [1.165, 1.54) is 6.07 Å². The number of benzene rings is 2. The highest BCUT2D eigenvalue weighted by molar-refractivity contribution is 6.30. The van der Waals surface area contributed by atoms with Gasteiger partial charge >= 0.3 is 0 Å². The average Bonchev–Trinajstić information content (AvgIpc) is 3.03. The van der Waals surface area contributed by atoms with Crippen LogP contribution in [-0.2, 0) is 0 Å². The van der Waals surface area contributed by atoms with Crippen molar-refractivity contribution >= 4 is 23.2 Å². The van der Waals surface area contributed by atoms with Gasteiger partial charge in [-0.05, 0) is 55.8 Å². The number of anilines is 1. The van der Waals surface area contributed by atoms with Crippen LogP contribution in [0.15, 0.2) is 47.5 Å². The first-order chi connectivity index (χ1) is 13.0. The van der Waals surface area contributed by atoms with Crippen LogP contribution in [0.1, 0.15) is 18.0 Å². The Bertz CT molecular complexity index is 829. The number of nitrogens with two attached hydrogens (primary N) is 1. The number of rotatable bonds is 5. The van der Waals surface area contributed by atoms with Crippen LogP contribution >= 0.6 is 11.6 Å². The van der Waals surface area contributed by atoms with Gasteiger partial charge in [-0.1, -0.05) is 23.7 Å². The summed E-state index contributed by atoms with van der Waals surface area (Å²) >= 11 is 5.82. The van der Waals surface area contributed by atoms with E-state index in [0.717, 1.165) is 30.0 Å². The van der Waals surface area contributed by atoms with Crippen molar-refractivity contribution in [2.24, 2.45) is 16.6 Å². The van der Waals surface area contributed by atoms with Gasteiger partial charge in [-0.2, -0.15) is 0 Å². The maximum atomic E-state index is 13.9. The van der Waals surface area contributed by atoms with Crippen molar-refractivity contribution < 1.29 is 9.13 Å². The van der Waals surface area contributed by atoms with E-state index in [0.29, 0.717) is 12.5 Å². The minimum atomic E-state index is -0.393. The number of ether oxygens (including phenoxy) is 1. The van der Waals surface area contributed by atoms with Gasteiger partial charge in [0.05, 0.1) is 12.1 Å². The lowest BCUT2D eigenvalue weighted by atomic mass is 9.94. The van der Waals surface area contributed by atoms with E-state index in [1.807, 2.05) is 37.4 Å². The van der Waals surface area contributed by atoms with Gasteiger partial charge in [0.25, 0.3) is 0 Å². The highest BCUT2D eigenvalue weighted by Gasteiger charge is 2.33. The van der Waals surface area contributed by atoms with Crippen LogP contribution in [0.5, 0.6) is 5.75 Å². The van der Waals surface area contributed by atoms with Crippen molar-refractivity contribution in [3.63, 3.8) is 0 Å². The van der Waals surface area contributed by atoms with Crippen LogP contribution in [0.2, 0.25) is 5.02 Å². The van der Waals surface area contributed by atoms with Crippen LogP contribution in [0.25, 0.3) is 0 Å². The molecule has 2 atom stereocenters. The molecule has 5 nitrogen and oxygen atoms in total. The molecule has 0 amide bonds. The molecule has 27 heavy (non-hydrogen) atoms. The summed E-state index contributed by atoms with van der Waals surface area (Å²) in [5.74, 6) is 0.950. The molecule has 3 rings (SSSR count). The third kappa shape index (κ3) is 4.70. The fourth-order valence-corrected chi connectivity index (χ4v) is 3.66. The molecule has 2 aromatic rings. The molecule has 1 aliphatic rings. The smallest absolute Gasteiger partial charge is 0.193 e. The third-order valence-corrected chi connectivity index (χ3v) is 5.20. The standard InChI is InChI=1S/C20H24ClFN4O/c1-26-9-8-14(19(26)13-6-7-17(21)18(22)10-13)12-24-20(23)25-15-4-3-5-16(11-15)27-2/h3-7,10-11,14,19H,8-9,12H2,1-2H3,(H3,23,24,25). The number of guanidine groups is 1. The predicted octanol–water partition coefficient (Wildman–Crippen LogP) is 3.91. The Labute approximate surface area is 164 Å². The molecule has 1 saturated heterocycles. The Balaban J connectivity index is 1.69. The van der Waals surface area contributed by atoms with Crippen molar-refractivity contribution in [2.45, 2.75) is 12.5 Å². The van der Waals surface area contributed by atoms with Gasteiger partial charge in [0.15, 0.2) is 5.96 Å². The number of nitrogens with zero attached hydrogens (tertiary/aromatic N) is 2. The monoisotopic (exact) mass is 390 g/mol. The molecule has 7 heteroatoms. The summed E-state index contributed by atoms with van der Waals surface area (Å²) in [6, 6.07) is 12.6. The zero-order valence-corrected chi connectivity index (χ0v) is 16.2. The first-order valence-electron chi connectivity index (χ1n) is 8.84. The van der Waals surface area contributed by atoms with Crippen LogP contribution in [0.3, 0.4) is 0 Å². The van der Waals surface area contributed by atoms with Crippen LogP contribution < -0.4 is 15.8 Å². The zero-order chi connectivity index (χ0) is 19.4. The number of methoxy groups -OCH3 is 1. The van der Waals surface area contributed by atoms with Crippen molar-refractivity contribution in [3.8, 4) is 5.75 Å². The van der Waals surface area contributed by atoms with E-state index in [1.54, 1.807) is 13.2 Å². The summed E-state index contributed by atoms with van der Waals surface area (Å²) in [7, 11) is 3.66. The summed E-state index contributed by atoms with van der Waals surface area (Å²) in [6.45, 7) is 1.49. The lowest BCUT2D eigenvalue weighted by Crippen LogP contribution is -2.26. The van der Waals surface area contributed by atoms with Gasteiger partial charge in [0.2, 0.25) is 0 Å². The summed E-state index contributed by atoms with van der Waals surface area (Å²) in [5.41, 5.74) is 7.77. The SMILES string of the molecule is COc1cccc(NC(N)=NCC2CCN(C)C2c2ccc(Cl)c(F)c2)c1. The first-order valence-corrected chi connectivity index (χ1v) is 9.22. The molecular formula is C20H24ClFN4O. The molecule has 3 N–H and O–H groups in total. The van der Waals surface area contributed by atoms with Crippen molar-refractivity contribution in [3.05, 3.63) is 58.9 Å². The molecule has 0 bridgehead atoms. The predicted molar refractivity (Wildman–Crippen MR) is 108 cm³/mol. The Kier molecular flexibility index (Phi) is 6.19. The second-order valence-electron chi connectivity index (χ2n) is 6.73. The quantitative estimate of drug-likeness (QED) is 0.600. The van der Waals surface area contributed by atoms with E-state index < -0.39 is 5.82 Å². The van der Waals surface area contributed by atoms with Crippen molar-refractivity contribution in [1.29, 1.82) is 0 Å². The zero-order valence-electron chi connectivity index (χ0n) is 15.5. The van der Waals surface area contributed by atoms with Gasteiger partial charge < -0.3 is 15.8 Å². The minimum Gasteiger partial charge on any atom is -0.497 e. The summed E-state index contributed by atoms with van der Waals surface area (Å²) in [6.07, 6.45) is 0.974. The van der Waals surface area contributed by atoms with E-state index in [2.05, 4.69) is 15.2 Å². The average molecular weight is 391 g/mol. The van der Waals surface area contributed by atoms with E-state index >= 15 is 0 Å². The number of halogens is 2. The fraction of sp³-hybridized carbons (Fsp3) is 0.350. The third-order valence-electron chi connectivity index (χ3n) is 4.90. The molecular weight excluding hydrogens is 367 g/mol. The molecule has 0 radical (unpaired) electrons. The summed E-state index contributed by atoms with van der Waals surface area (Å²) in [5, 5.41) is 3.22. The van der Waals surface area contributed by atoms with Crippen LogP contribution in [0.4, 0.5) is 10.1 Å². The van der Waals surface area contributed by atoms with E-state index in [4.69, 9.17) is 22.1 Å². The Morgan fingerprint density at radius 1 is 1.37 bits per heavy atom. The normalized spacial score (nSPS) is 20.7. The first kappa shape index (κ1) is 19.5. The molecule has 1 fully saturated rings. The molecule has 1 heterocycles. The second-order valence-corrected chi connectivity index (χ2v) is 7.14. The number of likely N-dealkylation sites (tertiary alicyclic amines) is 1. The lowest BCUT2D eigenvalue weighted by Gasteiger charge is -2.25. The largest absolute Gasteiger partial charge is 0.497 e. The number of hydrogen-bond acceptors (Lipinski definition) is 3. The van der Waals surface area contributed by atoms with Gasteiger partial charge in [0.1, 0.15) is 11.6 Å². The Morgan fingerprint density at radius 2 is 2.19 bits per heavy atom. The lowest BCUT2D eigenvalue weighted by molar-refractivity contribution is 0.279. The Hall–Kier alpha value is -2.31. The minimum absolute atomic E-state index is 0.0881. The summed E-state index contributed by atoms with van der Waals surface area (Å²) < 4.78 is 19.1. The number of nitrogens with one attached hydrogen (secondary N) is 1. The highest BCUT2D eigenvalue weighted by atomic mass is 35.5. The molecule has 1 aliphatic heterocycles. The molecule has 2 unspecified atom stereocenters. The topological polar surface area (TPSA) is 62.9 Å². The van der Waals surface area contributed by atoms with Gasteiger partial charge in [-0.3, -0.25) is 9.89 Å². The van der Waals surface area contributed by atoms with Gasteiger partial charge in [-0.25, -0.2) is 4.39 Å². The second kappa shape index (κ2) is 8.59. The van der Waals surface area contributed by atoms with E-state index in [-0.39, 0.29) is 17.0 Å². The van der Waals surface area contributed by atoms with Crippen molar-refractivity contribution in [2.75, 3.05) is 32.6 Å². The maximum absolute atomic E-state index is 13.9. The molecule has 0 saturated carbocycles.